The third-order valence-electron chi connectivity index (χ3n) is 2.51. The number of nitrogens with two attached hydrogens (primary N) is 1. The van der Waals surface area contributed by atoms with Gasteiger partial charge in [0.1, 0.15) is 0 Å². The number of methoxy groups -OCH3 is 1. The molecule has 0 atom stereocenters. The van der Waals surface area contributed by atoms with Gasteiger partial charge in [-0.2, -0.15) is 0 Å². The SMILES string of the molecule is CCCCNC(=O)CN(CCCN)CCOC. The van der Waals surface area contributed by atoms with Crippen LogP contribution in [0.15, 0.2) is 0 Å². The number of hydrogen-bond acceptors (Lipinski definition) is 4. The topological polar surface area (TPSA) is 67.6 Å². The van der Waals surface area contributed by atoms with Crippen LogP contribution in [-0.4, -0.2) is 57.2 Å². The molecule has 0 radical (unpaired) electrons. The summed E-state index contributed by atoms with van der Waals surface area (Å²) in [6, 6.07) is 0. The first kappa shape index (κ1) is 16.4. The highest BCUT2D eigenvalue weighted by atomic mass is 16.5. The smallest absolute Gasteiger partial charge is 0.234 e. The van der Waals surface area contributed by atoms with Gasteiger partial charge in [-0.15, -0.1) is 0 Å². The van der Waals surface area contributed by atoms with E-state index in [4.69, 9.17) is 10.5 Å². The summed E-state index contributed by atoms with van der Waals surface area (Å²) in [7, 11) is 1.67. The summed E-state index contributed by atoms with van der Waals surface area (Å²) in [5, 5.41) is 2.91. The second kappa shape index (κ2) is 11.8. The van der Waals surface area contributed by atoms with Crippen LogP contribution in [0, 0.1) is 0 Å². The first-order chi connectivity index (χ1) is 8.24. The lowest BCUT2D eigenvalue weighted by atomic mass is 10.3. The highest BCUT2D eigenvalue weighted by Gasteiger charge is 2.09. The van der Waals surface area contributed by atoms with Crippen molar-refractivity contribution < 1.29 is 9.53 Å². The predicted octanol–water partition coefficient (Wildman–Crippen LogP) is 0.200. The molecular formula is C12H27N3O2. The Balaban J connectivity index is 3.81. The predicted molar refractivity (Wildman–Crippen MR) is 69.9 cm³/mol. The Morgan fingerprint density at radius 1 is 1.35 bits per heavy atom. The Morgan fingerprint density at radius 2 is 2.12 bits per heavy atom. The molecule has 0 rings (SSSR count). The van der Waals surface area contributed by atoms with Crippen LogP contribution in [0.2, 0.25) is 0 Å². The Labute approximate surface area is 105 Å². The van der Waals surface area contributed by atoms with Crippen LogP contribution in [0.3, 0.4) is 0 Å². The summed E-state index contributed by atoms with van der Waals surface area (Å²) >= 11 is 0. The molecule has 0 aliphatic carbocycles. The molecule has 17 heavy (non-hydrogen) atoms. The zero-order valence-corrected chi connectivity index (χ0v) is 11.2. The molecule has 0 fully saturated rings. The number of nitrogens with zero attached hydrogens (tertiary/aromatic N) is 1. The lowest BCUT2D eigenvalue weighted by Crippen LogP contribution is -2.40. The molecule has 0 saturated heterocycles. The number of unbranched alkanes of at least 4 members (excludes halogenated alkanes) is 1. The fraction of sp³-hybridized carbons (Fsp3) is 0.917. The van der Waals surface area contributed by atoms with Crippen LogP contribution in [0.4, 0.5) is 0 Å². The summed E-state index contributed by atoms with van der Waals surface area (Å²) in [5.74, 6) is 0.0894. The molecule has 102 valence electrons. The molecule has 1 amide bonds. The molecule has 5 nitrogen and oxygen atoms in total. The maximum atomic E-state index is 11.6. The Kier molecular flexibility index (Phi) is 11.4. The second-order valence-corrected chi connectivity index (χ2v) is 4.11. The van der Waals surface area contributed by atoms with E-state index in [2.05, 4.69) is 17.1 Å². The average Bonchev–Trinajstić information content (AvgIpc) is 2.33. The van der Waals surface area contributed by atoms with Crippen LogP contribution < -0.4 is 11.1 Å². The maximum Gasteiger partial charge on any atom is 0.234 e. The van der Waals surface area contributed by atoms with Gasteiger partial charge in [0.2, 0.25) is 5.91 Å². The molecule has 0 aromatic carbocycles. The summed E-state index contributed by atoms with van der Waals surface area (Å²) in [4.78, 5) is 13.7. The fourth-order valence-electron chi connectivity index (χ4n) is 1.47. The van der Waals surface area contributed by atoms with Gasteiger partial charge in [-0.25, -0.2) is 0 Å². The number of rotatable bonds is 11. The van der Waals surface area contributed by atoms with E-state index in [-0.39, 0.29) is 5.91 Å². The highest BCUT2D eigenvalue weighted by molar-refractivity contribution is 5.77. The van der Waals surface area contributed by atoms with Crippen molar-refractivity contribution in [3.05, 3.63) is 0 Å². The first-order valence-electron chi connectivity index (χ1n) is 6.42. The van der Waals surface area contributed by atoms with Crippen molar-refractivity contribution >= 4 is 5.91 Å². The molecule has 0 heterocycles. The van der Waals surface area contributed by atoms with Crippen LogP contribution >= 0.6 is 0 Å². The number of nitrogens with one attached hydrogen (secondary N) is 1. The zero-order chi connectivity index (χ0) is 12.9. The van der Waals surface area contributed by atoms with Crippen molar-refractivity contribution in [1.82, 2.24) is 10.2 Å². The Hall–Kier alpha value is -0.650. The summed E-state index contributed by atoms with van der Waals surface area (Å²) < 4.78 is 5.03. The van der Waals surface area contributed by atoms with Gasteiger partial charge in [0.25, 0.3) is 0 Å². The van der Waals surface area contributed by atoms with E-state index in [1.54, 1.807) is 7.11 Å². The minimum Gasteiger partial charge on any atom is -0.383 e. The van der Waals surface area contributed by atoms with Crippen molar-refractivity contribution in [2.24, 2.45) is 5.73 Å². The number of carbonyl (C=O) groups is 1. The van der Waals surface area contributed by atoms with E-state index in [1.807, 2.05) is 0 Å². The molecule has 0 spiro atoms. The minimum atomic E-state index is 0.0894. The van der Waals surface area contributed by atoms with Gasteiger partial charge in [0.15, 0.2) is 0 Å². The molecule has 0 aliphatic heterocycles. The maximum absolute atomic E-state index is 11.6. The average molecular weight is 245 g/mol. The lowest BCUT2D eigenvalue weighted by Gasteiger charge is -2.21. The first-order valence-corrected chi connectivity index (χ1v) is 6.42. The van der Waals surface area contributed by atoms with Crippen molar-refractivity contribution in [1.29, 1.82) is 0 Å². The standard InChI is InChI=1S/C12H27N3O2/c1-3-4-7-14-12(16)11-15(8-5-6-13)9-10-17-2/h3-11,13H2,1-2H3,(H,14,16). The quantitative estimate of drug-likeness (QED) is 0.510. The lowest BCUT2D eigenvalue weighted by molar-refractivity contribution is -0.122. The number of carbonyl (C=O) groups excluding carboxylic acids is 1. The van der Waals surface area contributed by atoms with Gasteiger partial charge in [-0.3, -0.25) is 9.69 Å². The Bertz CT molecular complexity index is 181. The monoisotopic (exact) mass is 245 g/mol. The molecule has 0 bridgehead atoms. The van der Waals surface area contributed by atoms with E-state index in [9.17, 15) is 4.79 Å². The zero-order valence-electron chi connectivity index (χ0n) is 11.2. The van der Waals surface area contributed by atoms with Crippen molar-refractivity contribution in [2.75, 3.05) is 46.4 Å². The van der Waals surface area contributed by atoms with Crippen molar-refractivity contribution in [2.45, 2.75) is 26.2 Å². The van der Waals surface area contributed by atoms with Crippen molar-refractivity contribution in [3.63, 3.8) is 0 Å². The minimum absolute atomic E-state index is 0.0894. The third kappa shape index (κ3) is 10.2. The van der Waals surface area contributed by atoms with E-state index in [1.165, 1.54) is 0 Å². The van der Waals surface area contributed by atoms with E-state index in [0.717, 1.165) is 38.9 Å². The van der Waals surface area contributed by atoms with Gasteiger partial charge < -0.3 is 15.8 Å². The van der Waals surface area contributed by atoms with Crippen LogP contribution in [-0.2, 0) is 9.53 Å². The molecule has 0 aliphatic rings. The van der Waals surface area contributed by atoms with Crippen LogP contribution in [0.5, 0.6) is 0 Å². The van der Waals surface area contributed by atoms with E-state index in [0.29, 0.717) is 19.7 Å². The van der Waals surface area contributed by atoms with Gasteiger partial charge in [0, 0.05) is 20.2 Å². The summed E-state index contributed by atoms with van der Waals surface area (Å²) in [6.45, 7) is 6.24. The van der Waals surface area contributed by atoms with Crippen molar-refractivity contribution in [3.8, 4) is 0 Å². The van der Waals surface area contributed by atoms with Gasteiger partial charge in [-0.1, -0.05) is 13.3 Å². The number of ether oxygens (including phenoxy) is 1. The van der Waals surface area contributed by atoms with E-state index < -0.39 is 0 Å². The molecule has 0 aromatic heterocycles. The summed E-state index contributed by atoms with van der Waals surface area (Å²) in [6.07, 6.45) is 3.04. The largest absolute Gasteiger partial charge is 0.383 e. The van der Waals surface area contributed by atoms with Crippen LogP contribution in [0.1, 0.15) is 26.2 Å². The fourth-order valence-corrected chi connectivity index (χ4v) is 1.47. The summed E-state index contributed by atoms with van der Waals surface area (Å²) in [5.41, 5.74) is 5.48. The van der Waals surface area contributed by atoms with E-state index >= 15 is 0 Å². The second-order valence-electron chi connectivity index (χ2n) is 4.11. The molecule has 3 N–H and O–H groups in total. The van der Waals surface area contributed by atoms with Gasteiger partial charge in [-0.05, 0) is 25.9 Å². The molecule has 0 saturated carbocycles. The molecule has 5 heteroatoms. The normalized spacial score (nSPS) is 10.8. The molecule has 0 aromatic rings. The molecule has 0 unspecified atom stereocenters. The third-order valence-corrected chi connectivity index (χ3v) is 2.51. The molecular weight excluding hydrogens is 218 g/mol. The highest BCUT2D eigenvalue weighted by Crippen LogP contribution is 1.92. The van der Waals surface area contributed by atoms with Crippen LogP contribution in [0.25, 0.3) is 0 Å². The van der Waals surface area contributed by atoms with Gasteiger partial charge in [0.05, 0.1) is 13.2 Å². The Morgan fingerprint density at radius 3 is 2.71 bits per heavy atom. The van der Waals surface area contributed by atoms with Gasteiger partial charge >= 0.3 is 0 Å². The number of amides is 1. The number of hydrogen-bond donors (Lipinski definition) is 2.